The third-order valence-electron chi connectivity index (χ3n) is 11.2. The lowest BCUT2D eigenvalue weighted by Crippen LogP contribution is -2.62. The monoisotopic (exact) mass is 636 g/mol. The fourth-order valence-corrected chi connectivity index (χ4v) is 9.56. The van der Waals surface area contributed by atoms with Crippen molar-refractivity contribution in [2.24, 2.45) is 34.5 Å². The third-order valence-corrected chi connectivity index (χ3v) is 11.9. The average Bonchev–Trinajstić information content (AvgIpc) is 3.13. The maximum atomic E-state index is 13.3. The number of ether oxygens (including phenoxy) is 2. The standard InChI is InChI=1S/C31H41IO6/c1-18(33)31(36)14-11-25-28-24(10-13-30(25,31)4)29(3)12-9-23(37-19(2)34)16-21(29)17-26(28)38-27(35)15-20-5-7-22(32)8-6-20/h5-8,21,23-26,28,36H,9-17H2,1-4H3/t21-,23-,24-,25-,26+,28-,29+,30+,31+/m1/s1. The van der Waals surface area contributed by atoms with E-state index in [9.17, 15) is 19.5 Å². The molecule has 38 heavy (non-hydrogen) atoms. The van der Waals surface area contributed by atoms with Crippen molar-refractivity contribution < 1.29 is 29.0 Å². The Morgan fingerprint density at radius 3 is 2.29 bits per heavy atom. The van der Waals surface area contributed by atoms with Gasteiger partial charge in [-0.2, -0.15) is 0 Å². The minimum absolute atomic E-state index is 0.0542. The van der Waals surface area contributed by atoms with Crippen LogP contribution in [0.2, 0.25) is 0 Å². The van der Waals surface area contributed by atoms with Crippen molar-refractivity contribution in [2.75, 3.05) is 0 Å². The maximum absolute atomic E-state index is 13.3. The molecule has 1 aromatic rings. The van der Waals surface area contributed by atoms with Gasteiger partial charge in [0, 0.05) is 21.8 Å². The number of rotatable bonds is 5. The predicted octanol–water partition coefficient (Wildman–Crippen LogP) is 5.65. The Kier molecular flexibility index (Phi) is 7.51. The van der Waals surface area contributed by atoms with Crippen molar-refractivity contribution in [3.05, 3.63) is 33.4 Å². The highest BCUT2D eigenvalue weighted by Gasteiger charge is 2.68. The largest absolute Gasteiger partial charge is 0.463 e. The highest BCUT2D eigenvalue weighted by Crippen LogP contribution is 2.68. The van der Waals surface area contributed by atoms with E-state index in [1.807, 2.05) is 24.3 Å². The van der Waals surface area contributed by atoms with E-state index >= 15 is 0 Å². The second-order valence-corrected chi connectivity index (χ2v) is 14.2. The van der Waals surface area contributed by atoms with Gasteiger partial charge < -0.3 is 14.6 Å². The molecular weight excluding hydrogens is 595 g/mol. The molecule has 4 aliphatic carbocycles. The first-order valence-electron chi connectivity index (χ1n) is 14.2. The molecule has 9 atom stereocenters. The van der Waals surface area contributed by atoms with Crippen molar-refractivity contribution in [1.82, 2.24) is 0 Å². The lowest BCUT2D eigenvalue weighted by atomic mass is 9.43. The van der Waals surface area contributed by atoms with E-state index in [4.69, 9.17) is 9.47 Å². The van der Waals surface area contributed by atoms with E-state index in [0.717, 1.165) is 54.1 Å². The molecule has 0 radical (unpaired) electrons. The third kappa shape index (κ3) is 4.63. The zero-order valence-electron chi connectivity index (χ0n) is 23.0. The Morgan fingerprint density at radius 1 is 0.947 bits per heavy atom. The van der Waals surface area contributed by atoms with Crippen molar-refractivity contribution in [3.8, 4) is 0 Å². The topological polar surface area (TPSA) is 89.9 Å². The Hall–Kier alpha value is -1.48. The van der Waals surface area contributed by atoms with Gasteiger partial charge in [0.25, 0.3) is 0 Å². The van der Waals surface area contributed by atoms with E-state index in [0.29, 0.717) is 12.3 Å². The first kappa shape index (κ1) is 28.1. The molecule has 0 bridgehead atoms. The van der Waals surface area contributed by atoms with Crippen molar-refractivity contribution in [3.63, 3.8) is 0 Å². The summed E-state index contributed by atoms with van der Waals surface area (Å²) >= 11 is 2.25. The lowest BCUT2D eigenvalue weighted by molar-refractivity contribution is -0.207. The van der Waals surface area contributed by atoms with Crippen LogP contribution in [-0.2, 0) is 30.3 Å². The van der Waals surface area contributed by atoms with Crippen LogP contribution in [0.15, 0.2) is 24.3 Å². The molecule has 4 aliphatic rings. The molecule has 1 N–H and O–H groups in total. The summed E-state index contributed by atoms with van der Waals surface area (Å²) in [5.74, 6) is 0.242. The number of fused-ring (bicyclic) bond motifs is 5. The molecule has 6 nitrogen and oxygen atoms in total. The minimum atomic E-state index is -1.32. The molecule has 0 aromatic heterocycles. The minimum Gasteiger partial charge on any atom is -0.463 e. The SMILES string of the molecule is CC(=O)O[C@@H]1CC[C@@]2(C)[C@H](C1)C[C@H](OC(=O)Cc1ccc(I)cc1)[C@@H]1[C@H]2CC[C@@]2(C)[C@@H]1CC[C@]2(O)C(C)=O. The molecule has 4 saturated carbocycles. The molecule has 0 saturated heterocycles. The number of halogens is 1. The normalized spacial score (nSPS) is 41.8. The molecule has 7 heteroatoms. The molecule has 4 fully saturated rings. The van der Waals surface area contributed by atoms with Crippen LogP contribution in [-0.4, -0.2) is 40.6 Å². The van der Waals surface area contributed by atoms with Gasteiger partial charge in [0.05, 0.1) is 6.42 Å². The first-order valence-corrected chi connectivity index (χ1v) is 15.3. The molecule has 0 heterocycles. The van der Waals surface area contributed by atoms with Gasteiger partial charge in [-0.05, 0) is 122 Å². The molecule has 208 valence electrons. The van der Waals surface area contributed by atoms with Crippen LogP contribution >= 0.6 is 22.6 Å². The number of carbonyl (C=O) groups excluding carboxylic acids is 3. The van der Waals surface area contributed by atoms with E-state index in [1.54, 1.807) is 0 Å². The average molecular weight is 637 g/mol. The number of hydrogen-bond acceptors (Lipinski definition) is 6. The first-order chi connectivity index (χ1) is 17.9. The maximum Gasteiger partial charge on any atom is 0.310 e. The molecule has 0 unspecified atom stereocenters. The van der Waals surface area contributed by atoms with Gasteiger partial charge in [0.1, 0.15) is 17.8 Å². The van der Waals surface area contributed by atoms with E-state index in [-0.39, 0.29) is 59.5 Å². The van der Waals surface area contributed by atoms with E-state index in [2.05, 4.69) is 36.4 Å². The summed E-state index contributed by atoms with van der Waals surface area (Å²) in [6.07, 6.45) is 6.17. The number of ketones is 1. The Labute approximate surface area is 239 Å². The van der Waals surface area contributed by atoms with Crippen LogP contribution < -0.4 is 0 Å². The number of carbonyl (C=O) groups is 3. The summed E-state index contributed by atoms with van der Waals surface area (Å²) in [6, 6.07) is 7.93. The second-order valence-electron chi connectivity index (χ2n) is 13.0. The molecular formula is C31H41IO6. The summed E-state index contributed by atoms with van der Waals surface area (Å²) in [5, 5.41) is 11.6. The smallest absolute Gasteiger partial charge is 0.310 e. The zero-order valence-corrected chi connectivity index (χ0v) is 25.2. The van der Waals surface area contributed by atoms with Gasteiger partial charge in [0.15, 0.2) is 5.78 Å². The van der Waals surface area contributed by atoms with Crippen LogP contribution in [0.4, 0.5) is 0 Å². The fraction of sp³-hybridized carbons (Fsp3) is 0.710. The van der Waals surface area contributed by atoms with Crippen molar-refractivity contribution in [1.29, 1.82) is 0 Å². The number of Topliss-reactive ketones (excluding diaryl/α,β-unsaturated/α-hetero) is 1. The summed E-state index contributed by atoms with van der Waals surface area (Å²) in [4.78, 5) is 37.7. The Morgan fingerprint density at radius 2 is 1.63 bits per heavy atom. The molecule has 0 spiro atoms. The van der Waals surface area contributed by atoms with Crippen LogP contribution in [0, 0.1) is 38.1 Å². The van der Waals surface area contributed by atoms with E-state index in [1.165, 1.54) is 13.8 Å². The Balaban J connectivity index is 1.45. The number of aliphatic hydroxyl groups is 1. The molecule has 0 amide bonds. The van der Waals surface area contributed by atoms with Gasteiger partial charge in [0.2, 0.25) is 0 Å². The fourth-order valence-electron chi connectivity index (χ4n) is 9.20. The highest BCUT2D eigenvalue weighted by molar-refractivity contribution is 14.1. The van der Waals surface area contributed by atoms with Crippen molar-refractivity contribution in [2.45, 2.75) is 103 Å². The molecule has 1 aromatic carbocycles. The Bertz CT molecular complexity index is 1100. The second kappa shape index (κ2) is 10.2. The van der Waals surface area contributed by atoms with Gasteiger partial charge in [-0.15, -0.1) is 0 Å². The van der Waals surface area contributed by atoms with Gasteiger partial charge in [-0.25, -0.2) is 0 Å². The van der Waals surface area contributed by atoms with Crippen LogP contribution in [0.3, 0.4) is 0 Å². The van der Waals surface area contributed by atoms with Crippen LogP contribution in [0.25, 0.3) is 0 Å². The summed E-state index contributed by atoms with van der Waals surface area (Å²) in [5.41, 5.74) is -0.846. The predicted molar refractivity (Wildman–Crippen MR) is 151 cm³/mol. The van der Waals surface area contributed by atoms with Gasteiger partial charge >= 0.3 is 11.9 Å². The highest BCUT2D eigenvalue weighted by atomic mass is 127. The van der Waals surface area contributed by atoms with E-state index < -0.39 is 11.0 Å². The quantitative estimate of drug-likeness (QED) is 0.332. The van der Waals surface area contributed by atoms with Crippen molar-refractivity contribution >= 4 is 40.3 Å². The molecule has 5 rings (SSSR count). The lowest BCUT2D eigenvalue weighted by Gasteiger charge is -2.63. The summed E-state index contributed by atoms with van der Waals surface area (Å²) in [7, 11) is 0. The van der Waals surface area contributed by atoms with Gasteiger partial charge in [-0.3, -0.25) is 14.4 Å². The van der Waals surface area contributed by atoms with Crippen LogP contribution in [0.5, 0.6) is 0 Å². The summed E-state index contributed by atoms with van der Waals surface area (Å²) < 4.78 is 13.1. The number of hydrogen-bond donors (Lipinski definition) is 1. The molecule has 0 aliphatic heterocycles. The van der Waals surface area contributed by atoms with Gasteiger partial charge in [-0.1, -0.05) is 26.0 Å². The number of esters is 2. The zero-order chi connectivity index (χ0) is 27.5. The number of benzene rings is 1. The summed E-state index contributed by atoms with van der Waals surface area (Å²) in [6.45, 7) is 7.47. The van der Waals surface area contributed by atoms with Crippen LogP contribution in [0.1, 0.15) is 84.6 Å².